The van der Waals surface area contributed by atoms with E-state index in [1.165, 1.54) is 6.07 Å². The molecule has 1 unspecified atom stereocenters. The Morgan fingerprint density at radius 3 is 2.59 bits per heavy atom. The van der Waals surface area contributed by atoms with Crippen molar-refractivity contribution in [2.45, 2.75) is 19.4 Å². The van der Waals surface area contributed by atoms with E-state index in [4.69, 9.17) is 0 Å². The molecule has 0 aromatic heterocycles. The first-order valence-electron chi connectivity index (χ1n) is 6.97. The fourth-order valence-corrected chi connectivity index (χ4v) is 2.05. The largest absolute Gasteiger partial charge is 0.384 e. The lowest BCUT2D eigenvalue weighted by Crippen LogP contribution is -2.40. The maximum atomic E-state index is 13.6. The van der Waals surface area contributed by atoms with Crippen molar-refractivity contribution >= 4 is 11.7 Å². The molecular formula is C17H19FN2O2. The van der Waals surface area contributed by atoms with Crippen LogP contribution in [0.15, 0.2) is 48.5 Å². The Kier molecular flexibility index (Phi) is 4.78. The van der Waals surface area contributed by atoms with E-state index < -0.39 is 17.4 Å². The van der Waals surface area contributed by atoms with Gasteiger partial charge in [0.25, 0.3) is 0 Å². The first-order chi connectivity index (χ1) is 10.4. The third-order valence-electron chi connectivity index (χ3n) is 3.36. The molecule has 0 aliphatic rings. The first-order valence-corrected chi connectivity index (χ1v) is 6.97. The molecule has 0 radical (unpaired) electrons. The Morgan fingerprint density at radius 1 is 1.23 bits per heavy atom. The number of urea groups is 1. The molecule has 22 heavy (non-hydrogen) atoms. The third kappa shape index (κ3) is 4.05. The van der Waals surface area contributed by atoms with Crippen molar-refractivity contribution in [1.82, 2.24) is 5.32 Å². The average molecular weight is 302 g/mol. The molecule has 0 aliphatic heterocycles. The number of anilines is 1. The smallest absolute Gasteiger partial charge is 0.319 e. The van der Waals surface area contributed by atoms with E-state index in [0.29, 0.717) is 5.56 Å². The Labute approximate surface area is 129 Å². The van der Waals surface area contributed by atoms with Gasteiger partial charge in [0, 0.05) is 0 Å². The molecule has 2 aromatic carbocycles. The maximum Gasteiger partial charge on any atom is 0.319 e. The van der Waals surface area contributed by atoms with E-state index in [9.17, 15) is 14.3 Å². The van der Waals surface area contributed by atoms with E-state index >= 15 is 0 Å². The summed E-state index contributed by atoms with van der Waals surface area (Å²) in [6, 6.07) is 12.9. The zero-order valence-electron chi connectivity index (χ0n) is 12.6. The maximum absolute atomic E-state index is 13.6. The number of hydrogen-bond donors (Lipinski definition) is 3. The van der Waals surface area contributed by atoms with E-state index in [0.717, 1.165) is 5.56 Å². The molecule has 116 valence electrons. The van der Waals surface area contributed by atoms with Crippen LogP contribution in [-0.2, 0) is 5.60 Å². The number of hydrogen-bond acceptors (Lipinski definition) is 2. The minimum absolute atomic E-state index is 0.0102. The van der Waals surface area contributed by atoms with Crippen molar-refractivity contribution in [2.75, 3.05) is 11.9 Å². The molecule has 3 N–H and O–H groups in total. The highest BCUT2D eigenvalue weighted by atomic mass is 19.1. The van der Waals surface area contributed by atoms with E-state index in [-0.39, 0.29) is 12.2 Å². The van der Waals surface area contributed by atoms with Crippen LogP contribution in [0.4, 0.5) is 14.9 Å². The highest BCUT2D eigenvalue weighted by molar-refractivity contribution is 5.89. The van der Waals surface area contributed by atoms with Gasteiger partial charge in [0.15, 0.2) is 0 Å². The van der Waals surface area contributed by atoms with Crippen LogP contribution < -0.4 is 10.6 Å². The van der Waals surface area contributed by atoms with Gasteiger partial charge in [-0.05, 0) is 37.1 Å². The second-order valence-electron chi connectivity index (χ2n) is 5.43. The number of aryl methyl sites for hydroxylation is 1. The summed E-state index contributed by atoms with van der Waals surface area (Å²) in [5, 5.41) is 15.4. The Balaban J connectivity index is 1.97. The van der Waals surface area contributed by atoms with Gasteiger partial charge in [-0.25, -0.2) is 9.18 Å². The molecule has 1 atom stereocenters. The average Bonchev–Trinajstić information content (AvgIpc) is 2.50. The van der Waals surface area contributed by atoms with Gasteiger partial charge in [-0.15, -0.1) is 0 Å². The summed E-state index contributed by atoms with van der Waals surface area (Å²) in [5.74, 6) is -0.504. The number of carbonyl (C=O) groups excluding carboxylic acids is 1. The quantitative estimate of drug-likeness (QED) is 0.812. The molecule has 0 saturated carbocycles. The Bertz CT molecular complexity index is 657. The van der Waals surface area contributed by atoms with Gasteiger partial charge in [0.1, 0.15) is 11.4 Å². The number of aliphatic hydroxyl groups is 1. The molecule has 0 heterocycles. The lowest BCUT2D eigenvalue weighted by atomic mass is 9.96. The number of benzene rings is 2. The highest BCUT2D eigenvalue weighted by Gasteiger charge is 2.23. The molecule has 2 aromatic rings. The number of nitrogens with one attached hydrogen (secondary N) is 2. The van der Waals surface area contributed by atoms with Crippen LogP contribution in [0.25, 0.3) is 0 Å². The van der Waals surface area contributed by atoms with E-state index in [2.05, 4.69) is 10.6 Å². The molecule has 2 amide bonds. The van der Waals surface area contributed by atoms with Crippen LogP contribution in [-0.4, -0.2) is 17.7 Å². The van der Waals surface area contributed by atoms with Gasteiger partial charge in [0.2, 0.25) is 0 Å². The highest BCUT2D eigenvalue weighted by Crippen LogP contribution is 2.19. The van der Waals surface area contributed by atoms with Gasteiger partial charge in [-0.2, -0.15) is 0 Å². The molecule has 4 nitrogen and oxygen atoms in total. The number of amides is 2. The number of halogens is 1. The summed E-state index contributed by atoms with van der Waals surface area (Å²) in [5.41, 5.74) is 0.436. The number of rotatable bonds is 4. The third-order valence-corrected chi connectivity index (χ3v) is 3.36. The monoisotopic (exact) mass is 302 g/mol. The number of carbonyl (C=O) groups is 1. The molecule has 0 aliphatic carbocycles. The zero-order chi connectivity index (χ0) is 16.2. The van der Waals surface area contributed by atoms with Crippen LogP contribution in [0, 0.1) is 12.7 Å². The topological polar surface area (TPSA) is 61.4 Å². The molecular weight excluding hydrogens is 283 g/mol. The normalized spacial score (nSPS) is 13.3. The minimum Gasteiger partial charge on any atom is -0.384 e. The summed E-state index contributed by atoms with van der Waals surface area (Å²) in [6.07, 6.45) is 0. The van der Waals surface area contributed by atoms with Gasteiger partial charge in [-0.3, -0.25) is 0 Å². The van der Waals surface area contributed by atoms with E-state index in [1.54, 1.807) is 31.2 Å². The molecule has 2 rings (SSSR count). The van der Waals surface area contributed by atoms with Crippen molar-refractivity contribution in [3.05, 3.63) is 65.5 Å². The van der Waals surface area contributed by atoms with E-state index in [1.807, 2.05) is 25.1 Å². The lowest BCUT2D eigenvalue weighted by molar-refractivity contribution is 0.0599. The molecule has 0 bridgehead atoms. The van der Waals surface area contributed by atoms with Gasteiger partial charge in [0.05, 0.1) is 12.2 Å². The Hall–Kier alpha value is -2.40. The van der Waals surface area contributed by atoms with Crippen LogP contribution >= 0.6 is 0 Å². The molecule has 0 saturated heterocycles. The van der Waals surface area contributed by atoms with Crippen LogP contribution in [0.1, 0.15) is 18.1 Å². The lowest BCUT2D eigenvalue weighted by Gasteiger charge is -2.24. The van der Waals surface area contributed by atoms with Gasteiger partial charge < -0.3 is 15.7 Å². The minimum atomic E-state index is -1.20. The summed E-state index contributed by atoms with van der Waals surface area (Å²) < 4.78 is 13.6. The SMILES string of the molecule is Cc1ccc(F)c(NC(=O)NCC(C)(O)c2ccccc2)c1. The molecule has 0 spiro atoms. The predicted octanol–water partition coefficient (Wildman–Crippen LogP) is 3.16. The van der Waals surface area contributed by atoms with Crippen molar-refractivity contribution in [2.24, 2.45) is 0 Å². The van der Waals surface area contributed by atoms with Gasteiger partial charge in [-0.1, -0.05) is 36.4 Å². The summed E-state index contributed by atoms with van der Waals surface area (Å²) in [6.45, 7) is 3.43. The summed E-state index contributed by atoms with van der Waals surface area (Å²) in [7, 11) is 0. The van der Waals surface area contributed by atoms with Crippen LogP contribution in [0.2, 0.25) is 0 Å². The van der Waals surface area contributed by atoms with Crippen LogP contribution in [0.5, 0.6) is 0 Å². The van der Waals surface area contributed by atoms with Crippen molar-refractivity contribution in [3.63, 3.8) is 0 Å². The summed E-state index contributed by atoms with van der Waals surface area (Å²) >= 11 is 0. The second kappa shape index (κ2) is 6.58. The fraction of sp³-hybridized carbons (Fsp3) is 0.235. The van der Waals surface area contributed by atoms with Crippen molar-refractivity contribution in [1.29, 1.82) is 0 Å². The van der Waals surface area contributed by atoms with Gasteiger partial charge >= 0.3 is 6.03 Å². The molecule has 0 fully saturated rings. The Morgan fingerprint density at radius 2 is 1.91 bits per heavy atom. The zero-order valence-corrected chi connectivity index (χ0v) is 12.6. The predicted molar refractivity (Wildman–Crippen MR) is 84.2 cm³/mol. The second-order valence-corrected chi connectivity index (χ2v) is 5.43. The summed E-state index contributed by atoms with van der Waals surface area (Å²) in [4.78, 5) is 11.9. The van der Waals surface area contributed by atoms with Crippen LogP contribution in [0.3, 0.4) is 0 Å². The standard InChI is InChI=1S/C17H19FN2O2/c1-12-8-9-14(18)15(10-12)20-16(21)19-11-17(2,22)13-6-4-3-5-7-13/h3-10,22H,11H2,1-2H3,(H2,19,20,21). The molecule has 5 heteroatoms. The first kappa shape index (κ1) is 16.0. The fourth-order valence-electron chi connectivity index (χ4n) is 2.05. The van der Waals surface area contributed by atoms with Crippen molar-refractivity contribution < 1.29 is 14.3 Å². The van der Waals surface area contributed by atoms with Crippen molar-refractivity contribution in [3.8, 4) is 0 Å².